The van der Waals surface area contributed by atoms with Gasteiger partial charge in [-0.2, -0.15) is 4.37 Å². The van der Waals surface area contributed by atoms with Crippen molar-refractivity contribution in [2.75, 3.05) is 10.6 Å². The van der Waals surface area contributed by atoms with E-state index in [1.807, 2.05) is 36.4 Å². The molecule has 3 aromatic rings. The number of hydrogen-bond acceptors (Lipinski definition) is 4. The predicted octanol–water partition coefficient (Wildman–Crippen LogP) is 4.68. The highest BCUT2D eigenvalue weighted by Gasteiger charge is 2.17. The molecule has 0 radical (unpaired) electrons. The Kier molecular flexibility index (Phi) is 4.83. The fourth-order valence-corrected chi connectivity index (χ4v) is 3.03. The molecule has 25 heavy (non-hydrogen) atoms. The molecule has 0 spiro atoms. The van der Waals surface area contributed by atoms with Gasteiger partial charge >= 0.3 is 6.03 Å². The van der Waals surface area contributed by atoms with Gasteiger partial charge in [-0.3, -0.25) is 0 Å². The van der Waals surface area contributed by atoms with Crippen LogP contribution in [0.1, 0.15) is 19.4 Å². The number of nitrogens with zero attached hydrogens (tertiary/aromatic N) is 1. The van der Waals surface area contributed by atoms with Gasteiger partial charge in [0.1, 0.15) is 5.69 Å². The number of anilines is 2. The Balaban J connectivity index is 1.73. The lowest BCUT2D eigenvalue weighted by atomic mass is 9.98. The number of nitrogens with one attached hydrogen (secondary N) is 2. The van der Waals surface area contributed by atoms with E-state index < -0.39 is 5.60 Å². The van der Waals surface area contributed by atoms with Gasteiger partial charge in [0.25, 0.3) is 0 Å². The maximum absolute atomic E-state index is 12.3. The summed E-state index contributed by atoms with van der Waals surface area (Å²) in [4.78, 5) is 12.3. The number of amides is 2. The second-order valence-electron chi connectivity index (χ2n) is 6.16. The second kappa shape index (κ2) is 7.04. The third-order valence-electron chi connectivity index (χ3n) is 3.69. The number of carbonyl (C=O) groups is 1. The number of aromatic nitrogens is 1. The van der Waals surface area contributed by atoms with Crippen LogP contribution in [0, 0.1) is 0 Å². The van der Waals surface area contributed by atoms with Crippen molar-refractivity contribution in [3.63, 3.8) is 0 Å². The van der Waals surface area contributed by atoms with Crippen LogP contribution >= 0.6 is 11.5 Å². The molecule has 0 atom stereocenters. The molecule has 3 N–H and O–H groups in total. The molecule has 3 rings (SSSR count). The van der Waals surface area contributed by atoms with Crippen molar-refractivity contribution in [1.82, 2.24) is 4.37 Å². The molecular weight excluding hydrogens is 334 g/mol. The van der Waals surface area contributed by atoms with Crippen molar-refractivity contribution in [2.24, 2.45) is 0 Å². The average molecular weight is 353 g/mol. The highest BCUT2D eigenvalue weighted by Crippen LogP contribution is 2.28. The fourth-order valence-electron chi connectivity index (χ4n) is 2.39. The fraction of sp³-hybridized carbons (Fsp3) is 0.158. The highest BCUT2D eigenvalue weighted by molar-refractivity contribution is 7.04. The minimum Gasteiger partial charge on any atom is -0.386 e. The van der Waals surface area contributed by atoms with E-state index in [1.54, 1.807) is 37.4 Å². The highest BCUT2D eigenvalue weighted by atomic mass is 32.1. The van der Waals surface area contributed by atoms with E-state index in [4.69, 9.17) is 0 Å². The summed E-state index contributed by atoms with van der Waals surface area (Å²) < 4.78 is 4.36. The zero-order chi connectivity index (χ0) is 17.9. The summed E-state index contributed by atoms with van der Waals surface area (Å²) in [6, 6.07) is 16.5. The Hall–Kier alpha value is -2.70. The van der Waals surface area contributed by atoms with E-state index in [9.17, 15) is 9.90 Å². The van der Waals surface area contributed by atoms with Crippen LogP contribution < -0.4 is 10.6 Å². The standard InChI is InChI=1S/C19H19N3O2S/c1-19(2,24)14-9-6-10-15(11-14)20-18(23)21-16-12-25-22-17(16)13-7-4-3-5-8-13/h3-12,24H,1-2H3,(H2,20,21,23). The first-order valence-electron chi connectivity index (χ1n) is 7.84. The van der Waals surface area contributed by atoms with Crippen LogP contribution in [-0.4, -0.2) is 15.5 Å². The summed E-state index contributed by atoms with van der Waals surface area (Å²) in [5.41, 5.74) is 2.72. The number of benzene rings is 2. The molecular formula is C19H19N3O2S. The van der Waals surface area contributed by atoms with Gasteiger partial charge < -0.3 is 15.7 Å². The quantitative estimate of drug-likeness (QED) is 0.637. The summed E-state index contributed by atoms with van der Waals surface area (Å²) in [6.07, 6.45) is 0. The van der Waals surface area contributed by atoms with Crippen molar-refractivity contribution in [1.29, 1.82) is 0 Å². The first-order chi connectivity index (χ1) is 11.9. The Labute approximate surface area is 150 Å². The van der Waals surface area contributed by atoms with Crippen molar-refractivity contribution >= 4 is 28.9 Å². The van der Waals surface area contributed by atoms with Crippen LogP contribution in [0.3, 0.4) is 0 Å². The second-order valence-corrected chi connectivity index (χ2v) is 6.79. The maximum Gasteiger partial charge on any atom is 0.323 e. The minimum atomic E-state index is -0.966. The van der Waals surface area contributed by atoms with E-state index >= 15 is 0 Å². The number of aliphatic hydroxyl groups is 1. The van der Waals surface area contributed by atoms with Gasteiger partial charge in [-0.1, -0.05) is 42.5 Å². The number of carbonyl (C=O) groups excluding carboxylic acids is 1. The van der Waals surface area contributed by atoms with Crippen molar-refractivity contribution < 1.29 is 9.90 Å². The Bertz CT molecular complexity index is 870. The third kappa shape index (κ3) is 4.23. The average Bonchev–Trinajstić information content (AvgIpc) is 3.03. The van der Waals surface area contributed by atoms with Crippen molar-refractivity contribution in [3.05, 3.63) is 65.5 Å². The molecule has 128 valence electrons. The van der Waals surface area contributed by atoms with E-state index in [0.29, 0.717) is 11.4 Å². The molecule has 0 bridgehead atoms. The molecule has 0 aliphatic carbocycles. The molecule has 0 saturated carbocycles. The van der Waals surface area contributed by atoms with Crippen LogP contribution in [0.15, 0.2) is 60.0 Å². The van der Waals surface area contributed by atoms with Crippen LogP contribution in [0.25, 0.3) is 11.3 Å². The maximum atomic E-state index is 12.3. The summed E-state index contributed by atoms with van der Waals surface area (Å²) in [5, 5.41) is 17.5. The molecule has 1 heterocycles. The summed E-state index contributed by atoms with van der Waals surface area (Å²) in [5.74, 6) is 0. The lowest BCUT2D eigenvalue weighted by Crippen LogP contribution is -2.20. The minimum absolute atomic E-state index is 0.356. The molecule has 0 aliphatic heterocycles. The molecule has 1 aromatic heterocycles. The topological polar surface area (TPSA) is 74.2 Å². The third-order valence-corrected chi connectivity index (χ3v) is 4.32. The molecule has 5 nitrogen and oxygen atoms in total. The lowest BCUT2D eigenvalue weighted by molar-refractivity contribution is 0.0786. The number of rotatable bonds is 4. The molecule has 0 fully saturated rings. The zero-order valence-corrected chi connectivity index (χ0v) is 14.8. The normalized spacial score (nSPS) is 11.2. The zero-order valence-electron chi connectivity index (χ0n) is 14.0. The smallest absolute Gasteiger partial charge is 0.323 e. The van der Waals surface area contributed by atoms with Gasteiger partial charge in [-0.05, 0) is 43.1 Å². The largest absolute Gasteiger partial charge is 0.386 e. The number of urea groups is 1. The van der Waals surface area contributed by atoms with Gasteiger partial charge in [0.2, 0.25) is 0 Å². The summed E-state index contributed by atoms with van der Waals surface area (Å²) >= 11 is 1.29. The van der Waals surface area contributed by atoms with E-state index in [0.717, 1.165) is 16.8 Å². The van der Waals surface area contributed by atoms with Crippen LogP contribution in [0.4, 0.5) is 16.2 Å². The van der Waals surface area contributed by atoms with Crippen LogP contribution in [-0.2, 0) is 5.60 Å². The lowest BCUT2D eigenvalue weighted by Gasteiger charge is -2.18. The molecule has 2 aromatic carbocycles. The van der Waals surface area contributed by atoms with E-state index in [2.05, 4.69) is 15.0 Å². The SMILES string of the molecule is CC(C)(O)c1cccc(NC(=O)Nc2csnc2-c2ccccc2)c1. The summed E-state index contributed by atoms with van der Waals surface area (Å²) in [6.45, 7) is 3.41. The van der Waals surface area contributed by atoms with Crippen LogP contribution in [0.2, 0.25) is 0 Å². The molecule has 2 amide bonds. The Morgan fingerprint density at radius 2 is 1.84 bits per heavy atom. The molecule has 0 unspecified atom stereocenters. The summed E-state index contributed by atoms with van der Waals surface area (Å²) in [7, 11) is 0. The van der Waals surface area contributed by atoms with Crippen molar-refractivity contribution in [3.8, 4) is 11.3 Å². The van der Waals surface area contributed by atoms with Gasteiger partial charge in [0, 0.05) is 16.6 Å². The van der Waals surface area contributed by atoms with Gasteiger partial charge in [-0.15, -0.1) is 0 Å². The van der Waals surface area contributed by atoms with Crippen LogP contribution in [0.5, 0.6) is 0 Å². The molecule has 6 heteroatoms. The number of hydrogen-bond donors (Lipinski definition) is 3. The Morgan fingerprint density at radius 1 is 1.08 bits per heavy atom. The van der Waals surface area contributed by atoms with Gasteiger partial charge in [-0.25, -0.2) is 4.79 Å². The molecule has 0 aliphatic rings. The Morgan fingerprint density at radius 3 is 2.56 bits per heavy atom. The van der Waals surface area contributed by atoms with Crippen molar-refractivity contribution in [2.45, 2.75) is 19.4 Å². The van der Waals surface area contributed by atoms with Gasteiger partial charge in [0.05, 0.1) is 11.3 Å². The predicted molar refractivity (Wildman–Crippen MR) is 102 cm³/mol. The first-order valence-corrected chi connectivity index (χ1v) is 8.68. The monoisotopic (exact) mass is 353 g/mol. The first kappa shape index (κ1) is 17.1. The van der Waals surface area contributed by atoms with E-state index in [1.165, 1.54) is 11.5 Å². The van der Waals surface area contributed by atoms with E-state index in [-0.39, 0.29) is 6.03 Å². The molecule has 0 saturated heterocycles. The van der Waals surface area contributed by atoms with Gasteiger partial charge in [0.15, 0.2) is 0 Å².